The molecule has 0 saturated carbocycles. The summed E-state index contributed by atoms with van der Waals surface area (Å²) in [6.07, 6.45) is 0.877. The van der Waals surface area contributed by atoms with Gasteiger partial charge in [0, 0.05) is 23.7 Å². The van der Waals surface area contributed by atoms with Crippen LogP contribution >= 0.6 is 23.2 Å². The van der Waals surface area contributed by atoms with Crippen LogP contribution in [0.1, 0.15) is 11.1 Å². The van der Waals surface area contributed by atoms with Crippen LogP contribution in [0.25, 0.3) is 0 Å². The second kappa shape index (κ2) is 7.41. The maximum atomic E-state index is 10.6. The van der Waals surface area contributed by atoms with Crippen molar-refractivity contribution in [3.63, 3.8) is 0 Å². The summed E-state index contributed by atoms with van der Waals surface area (Å²) in [7, 11) is 0. The fraction of sp³-hybridized carbons (Fsp3) is 0.200. The van der Waals surface area contributed by atoms with E-state index < -0.39 is 4.92 Å². The molecule has 0 bridgehead atoms. The molecule has 0 aromatic heterocycles. The third kappa shape index (κ3) is 4.70. The summed E-state index contributed by atoms with van der Waals surface area (Å²) in [6.45, 7) is 1.36. The molecule has 1 N–H and O–H groups in total. The Bertz CT molecular complexity index is 630. The largest absolute Gasteiger partial charge is 0.312 e. The number of nitro groups is 1. The third-order valence-corrected chi connectivity index (χ3v) is 3.67. The lowest BCUT2D eigenvalue weighted by atomic mass is 10.1. The van der Waals surface area contributed by atoms with Gasteiger partial charge in [0.2, 0.25) is 0 Å². The lowest BCUT2D eigenvalue weighted by molar-refractivity contribution is -0.384. The third-order valence-electron chi connectivity index (χ3n) is 3.07. The molecule has 0 spiro atoms. The van der Waals surface area contributed by atoms with E-state index >= 15 is 0 Å². The van der Waals surface area contributed by atoms with E-state index in [1.54, 1.807) is 6.07 Å². The summed E-state index contributed by atoms with van der Waals surface area (Å²) in [5.41, 5.74) is 2.05. The number of nitrogens with one attached hydrogen (secondary N) is 1. The van der Waals surface area contributed by atoms with Crippen molar-refractivity contribution in [1.82, 2.24) is 5.32 Å². The number of hydrogen-bond donors (Lipinski definition) is 1. The van der Waals surface area contributed by atoms with Crippen molar-refractivity contribution in [2.45, 2.75) is 13.0 Å². The van der Waals surface area contributed by atoms with Gasteiger partial charge < -0.3 is 5.32 Å². The first kappa shape index (κ1) is 15.8. The molecule has 2 aromatic carbocycles. The number of benzene rings is 2. The minimum absolute atomic E-state index is 0.00455. The first-order valence-corrected chi connectivity index (χ1v) is 7.20. The molecule has 0 saturated heterocycles. The number of non-ortho nitro benzene ring substituents is 1. The van der Waals surface area contributed by atoms with Crippen LogP contribution < -0.4 is 5.32 Å². The summed E-state index contributed by atoms with van der Waals surface area (Å²) >= 11 is 11.9. The second-order valence-electron chi connectivity index (χ2n) is 4.59. The highest BCUT2D eigenvalue weighted by molar-refractivity contribution is 6.31. The number of nitrogens with zero attached hydrogens (tertiary/aromatic N) is 1. The van der Waals surface area contributed by atoms with E-state index in [0.29, 0.717) is 11.6 Å². The highest BCUT2D eigenvalue weighted by Crippen LogP contribution is 2.22. The van der Waals surface area contributed by atoms with Crippen LogP contribution in [0.4, 0.5) is 5.69 Å². The Hall–Kier alpha value is -1.62. The molecule has 4 nitrogen and oxygen atoms in total. The van der Waals surface area contributed by atoms with Crippen LogP contribution in [-0.4, -0.2) is 11.5 Å². The SMILES string of the molecule is O=[N+]([O-])c1ccc(CNCCc2ccc(Cl)cc2)c(Cl)c1. The molecule has 0 fully saturated rings. The summed E-state index contributed by atoms with van der Waals surface area (Å²) in [5, 5.41) is 15.0. The second-order valence-corrected chi connectivity index (χ2v) is 5.43. The average Bonchev–Trinajstić information content (AvgIpc) is 2.46. The van der Waals surface area contributed by atoms with E-state index in [1.165, 1.54) is 17.7 Å². The van der Waals surface area contributed by atoms with E-state index in [4.69, 9.17) is 23.2 Å². The van der Waals surface area contributed by atoms with Gasteiger partial charge in [-0.2, -0.15) is 0 Å². The van der Waals surface area contributed by atoms with Gasteiger partial charge in [-0.3, -0.25) is 10.1 Å². The predicted molar refractivity (Wildman–Crippen MR) is 85.0 cm³/mol. The van der Waals surface area contributed by atoms with Gasteiger partial charge in [0.15, 0.2) is 0 Å². The number of hydrogen-bond acceptors (Lipinski definition) is 3. The molecule has 2 aromatic rings. The highest BCUT2D eigenvalue weighted by Gasteiger charge is 2.08. The number of halogens is 2. The average molecular weight is 325 g/mol. The molecule has 21 heavy (non-hydrogen) atoms. The standard InChI is InChI=1S/C15H14Cl2N2O2/c16-13-4-1-11(2-5-13)7-8-18-10-12-3-6-14(19(20)21)9-15(12)17/h1-6,9,18H,7-8,10H2. The maximum Gasteiger partial charge on any atom is 0.270 e. The quantitative estimate of drug-likeness (QED) is 0.491. The highest BCUT2D eigenvalue weighted by atomic mass is 35.5. The first-order chi connectivity index (χ1) is 10.1. The van der Waals surface area contributed by atoms with Crippen LogP contribution in [0.2, 0.25) is 10.0 Å². The minimum Gasteiger partial charge on any atom is -0.312 e. The Morgan fingerprint density at radius 2 is 1.81 bits per heavy atom. The topological polar surface area (TPSA) is 55.2 Å². The smallest absolute Gasteiger partial charge is 0.270 e. The van der Waals surface area contributed by atoms with Gasteiger partial charge in [0.1, 0.15) is 0 Å². The molecule has 0 aliphatic carbocycles. The Kier molecular flexibility index (Phi) is 5.56. The van der Waals surface area contributed by atoms with Crippen molar-refractivity contribution in [3.8, 4) is 0 Å². The van der Waals surface area contributed by atoms with Gasteiger partial charge in [0.05, 0.1) is 9.95 Å². The van der Waals surface area contributed by atoms with E-state index in [1.807, 2.05) is 24.3 Å². The van der Waals surface area contributed by atoms with Gasteiger partial charge in [0.25, 0.3) is 5.69 Å². The van der Waals surface area contributed by atoms with Crippen LogP contribution in [0.5, 0.6) is 0 Å². The van der Waals surface area contributed by atoms with Gasteiger partial charge in [-0.25, -0.2) is 0 Å². The van der Waals surface area contributed by atoms with Crippen LogP contribution in [0.3, 0.4) is 0 Å². The van der Waals surface area contributed by atoms with Gasteiger partial charge in [-0.05, 0) is 42.3 Å². The van der Waals surface area contributed by atoms with Crippen LogP contribution in [-0.2, 0) is 13.0 Å². The Balaban J connectivity index is 1.83. The Morgan fingerprint density at radius 3 is 2.43 bits per heavy atom. The van der Waals surface area contributed by atoms with Crippen molar-refractivity contribution in [2.24, 2.45) is 0 Å². The van der Waals surface area contributed by atoms with Crippen LogP contribution in [0.15, 0.2) is 42.5 Å². The Labute approximate surface area is 132 Å². The van der Waals surface area contributed by atoms with Gasteiger partial charge in [-0.15, -0.1) is 0 Å². The van der Waals surface area contributed by atoms with E-state index in [2.05, 4.69) is 5.32 Å². The predicted octanol–water partition coefficient (Wildman–Crippen LogP) is 4.23. The molecule has 0 atom stereocenters. The molecule has 0 aliphatic heterocycles. The summed E-state index contributed by atoms with van der Waals surface area (Å²) in [5.74, 6) is 0. The Morgan fingerprint density at radius 1 is 1.10 bits per heavy atom. The molecule has 0 unspecified atom stereocenters. The van der Waals surface area contributed by atoms with Crippen molar-refractivity contribution in [1.29, 1.82) is 0 Å². The minimum atomic E-state index is -0.455. The molecule has 110 valence electrons. The molecular weight excluding hydrogens is 311 g/mol. The number of rotatable bonds is 6. The molecule has 0 radical (unpaired) electrons. The summed E-state index contributed by atoms with van der Waals surface area (Å²) in [6, 6.07) is 12.2. The van der Waals surface area contributed by atoms with Gasteiger partial charge >= 0.3 is 0 Å². The fourth-order valence-electron chi connectivity index (χ4n) is 1.90. The van der Waals surface area contributed by atoms with E-state index in [-0.39, 0.29) is 5.69 Å². The molecule has 0 aliphatic rings. The summed E-state index contributed by atoms with van der Waals surface area (Å²) < 4.78 is 0. The van der Waals surface area contributed by atoms with E-state index in [0.717, 1.165) is 23.6 Å². The maximum absolute atomic E-state index is 10.6. The summed E-state index contributed by atoms with van der Waals surface area (Å²) in [4.78, 5) is 10.2. The number of nitro benzene ring substituents is 1. The van der Waals surface area contributed by atoms with Crippen molar-refractivity contribution >= 4 is 28.9 Å². The zero-order valence-electron chi connectivity index (χ0n) is 11.2. The lowest BCUT2D eigenvalue weighted by Gasteiger charge is -2.07. The first-order valence-electron chi connectivity index (χ1n) is 6.44. The molecular formula is C15H14Cl2N2O2. The van der Waals surface area contributed by atoms with Crippen molar-refractivity contribution < 1.29 is 4.92 Å². The van der Waals surface area contributed by atoms with Gasteiger partial charge in [-0.1, -0.05) is 35.3 Å². The normalized spacial score (nSPS) is 10.6. The lowest BCUT2D eigenvalue weighted by Crippen LogP contribution is -2.16. The van der Waals surface area contributed by atoms with Crippen molar-refractivity contribution in [2.75, 3.05) is 6.54 Å². The molecule has 6 heteroatoms. The monoisotopic (exact) mass is 324 g/mol. The van der Waals surface area contributed by atoms with Crippen molar-refractivity contribution in [3.05, 3.63) is 73.8 Å². The van der Waals surface area contributed by atoms with Crippen LogP contribution in [0, 0.1) is 10.1 Å². The molecule has 2 rings (SSSR count). The molecule has 0 amide bonds. The fourth-order valence-corrected chi connectivity index (χ4v) is 2.27. The van der Waals surface area contributed by atoms with E-state index in [9.17, 15) is 10.1 Å². The zero-order chi connectivity index (χ0) is 15.2. The zero-order valence-corrected chi connectivity index (χ0v) is 12.7. The molecule has 0 heterocycles.